The molecule has 0 radical (unpaired) electrons. The van der Waals surface area contributed by atoms with Crippen LogP contribution in [-0.4, -0.2) is 58.3 Å². The van der Waals surface area contributed by atoms with Gasteiger partial charge < -0.3 is 14.4 Å². The molecule has 0 N–H and O–H groups in total. The van der Waals surface area contributed by atoms with E-state index in [1.54, 1.807) is 11.0 Å². The second-order valence-electron chi connectivity index (χ2n) is 6.38. The number of ether oxygens (including phenoxy) is 2. The number of hydrogen-bond donors (Lipinski definition) is 0. The van der Waals surface area contributed by atoms with Crippen LogP contribution >= 0.6 is 0 Å². The van der Waals surface area contributed by atoms with Crippen molar-refractivity contribution in [2.75, 3.05) is 31.2 Å². The standard InChI is InChI=1S/C16H23N5O2/c1-20-15-14(8-19-20)16(18-11-17-15)21(9-12-4-2-6-22-12)10-13-5-3-7-23-13/h8,11-13H,2-7,9-10H2,1H3/t12-,13+. The van der Waals surface area contributed by atoms with Crippen LogP contribution in [0.4, 0.5) is 5.82 Å². The Kier molecular flexibility index (Phi) is 4.13. The molecule has 4 heterocycles. The Bertz CT molecular complexity index is 644. The molecule has 7 nitrogen and oxygen atoms in total. The van der Waals surface area contributed by atoms with Gasteiger partial charge in [0, 0.05) is 33.4 Å². The lowest BCUT2D eigenvalue weighted by molar-refractivity contribution is 0.0997. The lowest BCUT2D eigenvalue weighted by Gasteiger charge is -2.29. The van der Waals surface area contributed by atoms with Crippen LogP contribution in [0.3, 0.4) is 0 Å². The van der Waals surface area contributed by atoms with Crippen molar-refractivity contribution in [2.45, 2.75) is 37.9 Å². The summed E-state index contributed by atoms with van der Waals surface area (Å²) in [6.45, 7) is 3.43. The molecule has 2 fully saturated rings. The van der Waals surface area contributed by atoms with E-state index in [0.717, 1.165) is 68.8 Å². The van der Waals surface area contributed by atoms with E-state index in [1.807, 2.05) is 13.2 Å². The van der Waals surface area contributed by atoms with Gasteiger partial charge in [0.15, 0.2) is 5.65 Å². The third-order valence-electron chi connectivity index (χ3n) is 4.70. The van der Waals surface area contributed by atoms with Gasteiger partial charge in [-0.25, -0.2) is 9.97 Å². The van der Waals surface area contributed by atoms with E-state index in [2.05, 4.69) is 20.0 Å². The van der Waals surface area contributed by atoms with E-state index < -0.39 is 0 Å². The number of fused-ring (bicyclic) bond motifs is 1. The van der Waals surface area contributed by atoms with E-state index in [4.69, 9.17) is 9.47 Å². The Labute approximate surface area is 135 Å². The molecule has 2 aliphatic heterocycles. The molecule has 2 aromatic heterocycles. The van der Waals surface area contributed by atoms with Crippen LogP contribution in [0, 0.1) is 0 Å². The Morgan fingerprint density at radius 2 is 1.83 bits per heavy atom. The molecule has 2 saturated heterocycles. The Morgan fingerprint density at radius 3 is 2.43 bits per heavy atom. The predicted octanol–water partition coefficient (Wildman–Crippen LogP) is 1.53. The second-order valence-corrected chi connectivity index (χ2v) is 6.38. The molecule has 0 bridgehead atoms. The van der Waals surface area contributed by atoms with Crippen LogP contribution in [0.2, 0.25) is 0 Å². The number of rotatable bonds is 5. The number of anilines is 1. The Morgan fingerprint density at radius 1 is 1.13 bits per heavy atom. The fraction of sp³-hybridized carbons (Fsp3) is 0.688. The summed E-state index contributed by atoms with van der Waals surface area (Å²) in [5, 5.41) is 5.32. The van der Waals surface area contributed by atoms with E-state index in [0.29, 0.717) is 0 Å². The number of nitrogens with zero attached hydrogens (tertiary/aromatic N) is 5. The van der Waals surface area contributed by atoms with Crippen molar-refractivity contribution in [3.05, 3.63) is 12.5 Å². The van der Waals surface area contributed by atoms with Crippen molar-refractivity contribution in [3.8, 4) is 0 Å². The summed E-state index contributed by atoms with van der Waals surface area (Å²) in [5.74, 6) is 0.939. The van der Waals surface area contributed by atoms with Gasteiger partial charge in [0.05, 0.1) is 23.8 Å². The lowest BCUT2D eigenvalue weighted by Crippen LogP contribution is -2.38. The van der Waals surface area contributed by atoms with Gasteiger partial charge in [0.1, 0.15) is 12.1 Å². The Balaban J connectivity index is 1.63. The SMILES string of the molecule is Cn1ncc2c(N(C[C@H]3CCCO3)C[C@@H]3CCCO3)ncnc21. The number of aromatic nitrogens is 4. The molecule has 7 heteroatoms. The van der Waals surface area contributed by atoms with Crippen molar-refractivity contribution in [2.24, 2.45) is 7.05 Å². The highest BCUT2D eigenvalue weighted by atomic mass is 16.5. The molecule has 0 amide bonds. The van der Waals surface area contributed by atoms with Crippen LogP contribution in [0.15, 0.2) is 12.5 Å². The fourth-order valence-corrected chi connectivity index (χ4v) is 3.52. The molecule has 23 heavy (non-hydrogen) atoms. The molecule has 2 atom stereocenters. The maximum Gasteiger partial charge on any atom is 0.163 e. The van der Waals surface area contributed by atoms with Gasteiger partial charge in [-0.05, 0) is 25.7 Å². The zero-order chi connectivity index (χ0) is 15.6. The summed E-state index contributed by atoms with van der Waals surface area (Å²) < 4.78 is 13.5. The van der Waals surface area contributed by atoms with Crippen molar-refractivity contribution in [3.63, 3.8) is 0 Å². The molecule has 2 aromatic rings. The van der Waals surface area contributed by atoms with Gasteiger partial charge in [-0.1, -0.05) is 0 Å². The van der Waals surface area contributed by atoms with E-state index in [1.165, 1.54) is 0 Å². The van der Waals surface area contributed by atoms with Crippen molar-refractivity contribution in [1.82, 2.24) is 19.7 Å². The molecule has 2 aliphatic rings. The van der Waals surface area contributed by atoms with Crippen molar-refractivity contribution >= 4 is 16.9 Å². The monoisotopic (exact) mass is 317 g/mol. The average molecular weight is 317 g/mol. The summed E-state index contributed by atoms with van der Waals surface area (Å²) >= 11 is 0. The van der Waals surface area contributed by atoms with E-state index >= 15 is 0 Å². The number of hydrogen-bond acceptors (Lipinski definition) is 6. The third-order valence-corrected chi connectivity index (χ3v) is 4.70. The quantitative estimate of drug-likeness (QED) is 0.833. The van der Waals surface area contributed by atoms with Gasteiger partial charge in [-0.15, -0.1) is 0 Å². The van der Waals surface area contributed by atoms with Crippen molar-refractivity contribution < 1.29 is 9.47 Å². The molecule has 0 spiro atoms. The molecule has 124 valence electrons. The van der Waals surface area contributed by atoms with Gasteiger partial charge in [0.25, 0.3) is 0 Å². The largest absolute Gasteiger partial charge is 0.376 e. The zero-order valence-electron chi connectivity index (χ0n) is 13.5. The van der Waals surface area contributed by atoms with E-state index in [9.17, 15) is 0 Å². The van der Waals surface area contributed by atoms with Crippen LogP contribution in [-0.2, 0) is 16.5 Å². The highest BCUT2D eigenvalue weighted by Gasteiger charge is 2.26. The third kappa shape index (κ3) is 3.03. The van der Waals surface area contributed by atoms with Crippen LogP contribution < -0.4 is 4.90 Å². The van der Waals surface area contributed by atoms with Crippen LogP contribution in [0.25, 0.3) is 11.0 Å². The maximum atomic E-state index is 5.84. The number of aryl methyl sites for hydroxylation is 1. The zero-order valence-corrected chi connectivity index (χ0v) is 13.5. The molecule has 0 aromatic carbocycles. The van der Waals surface area contributed by atoms with Gasteiger partial charge in [0.2, 0.25) is 0 Å². The van der Waals surface area contributed by atoms with Crippen LogP contribution in [0.1, 0.15) is 25.7 Å². The summed E-state index contributed by atoms with van der Waals surface area (Å²) in [5.41, 5.74) is 0.861. The molecular formula is C16H23N5O2. The minimum Gasteiger partial charge on any atom is -0.376 e. The first-order chi connectivity index (χ1) is 11.3. The average Bonchev–Trinajstić information content (AvgIpc) is 3.30. The lowest BCUT2D eigenvalue weighted by atomic mass is 10.2. The first-order valence-electron chi connectivity index (χ1n) is 8.42. The van der Waals surface area contributed by atoms with Gasteiger partial charge in [-0.2, -0.15) is 5.10 Å². The first kappa shape index (κ1) is 14.8. The molecule has 4 rings (SSSR count). The minimum atomic E-state index is 0.276. The molecule has 0 saturated carbocycles. The van der Waals surface area contributed by atoms with Crippen molar-refractivity contribution in [1.29, 1.82) is 0 Å². The molecule has 0 unspecified atom stereocenters. The summed E-state index contributed by atoms with van der Waals surface area (Å²) in [4.78, 5) is 11.2. The Hall–Kier alpha value is -1.73. The minimum absolute atomic E-state index is 0.276. The smallest absolute Gasteiger partial charge is 0.163 e. The second kappa shape index (κ2) is 6.41. The molecular weight excluding hydrogens is 294 g/mol. The highest BCUT2D eigenvalue weighted by Crippen LogP contribution is 2.26. The topological polar surface area (TPSA) is 65.3 Å². The highest BCUT2D eigenvalue weighted by molar-refractivity contribution is 5.86. The first-order valence-corrected chi connectivity index (χ1v) is 8.42. The maximum absolute atomic E-state index is 5.84. The molecule has 0 aliphatic carbocycles. The summed E-state index contributed by atoms with van der Waals surface area (Å²) in [7, 11) is 1.91. The summed E-state index contributed by atoms with van der Waals surface area (Å²) in [6, 6.07) is 0. The fourth-order valence-electron chi connectivity index (χ4n) is 3.52. The van der Waals surface area contributed by atoms with E-state index in [-0.39, 0.29) is 12.2 Å². The summed E-state index contributed by atoms with van der Waals surface area (Å²) in [6.07, 6.45) is 8.54. The normalized spacial score (nSPS) is 24.6. The van der Waals surface area contributed by atoms with Gasteiger partial charge in [-0.3, -0.25) is 4.68 Å². The predicted molar refractivity (Wildman–Crippen MR) is 86.5 cm³/mol. The van der Waals surface area contributed by atoms with Crippen LogP contribution in [0.5, 0.6) is 0 Å². The van der Waals surface area contributed by atoms with Gasteiger partial charge >= 0.3 is 0 Å².